The fourth-order valence-corrected chi connectivity index (χ4v) is 4.79. The first-order valence-corrected chi connectivity index (χ1v) is 11.4. The molecule has 0 saturated heterocycles. The number of hydrogen-bond donors (Lipinski definition) is 1. The number of carbonyl (C=O) groups is 2. The zero-order chi connectivity index (χ0) is 21.7. The second-order valence-corrected chi connectivity index (χ2v) is 9.63. The summed E-state index contributed by atoms with van der Waals surface area (Å²) in [5.74, 6) is 0.761. The van der Waals surface area contributed by atoms with Gasteiger partial charge < -0.3 is 10.2 Å². The van der Waals surface area contributed by atoms with E-state index in [1.807, 2.05) is 73.9 Å². The third-order valence-corrected chi connectivity index (χ3v) is 6.11. The van der Waals surface area contributed by atoms with E-state index in [4.69, 9.17) is 0 Å². The third-order valence-electron chi connectivity index (χ3n) is 4.97. The second-order valence-electron chi connectivity index (χ2n) is 8.57. The molecule has 1 heterocycles. The van der Waals surface area contributed by atoms with E-state index < -0.39 is 0 Å². The monoisotopic (exact) mass is 425 g/mol. The summed E-state index contributed by atoms with van der Waals surface area (Å²) in [6.07, 6.45) is 0. The molecular weight excluding hydrogens is 394 g/mol. The third kappa shape index (κ3) is 5.64. The van der Waals surface area contributed by atoms with Crippen LogP contribution < -0.4 is 10.2 Å². The van der Waals surface area contributed by atoms with Gasteiger partial charge in [-0.05, 0) is 45.0 Å². The van der Waals surface area contributed by atoms with E-state index in [0.717, 1.165) is 21.9 Å². The van der Waals surface area contributed by atoms with E-state index in [-0.39, 0.29) is 36.5 Å². The molecule has 0 spiro atoms. The van der Waals surface area contributed by atoms with Crippen molar-refractivity contribution in [3.8, 4) is 0 Å². The number of rotatable bonds is 6. The summed E-state index contributed by atoms with van der Waals surface area (Å²) >= 11 is 1.78. The average molecular weight is 426 g/mol. The molecule has 0 saturated carbocycles. The van der Waals surface area contributed by atoms with Gasteiger partial charge in [-0.3, -0.25) is 14.5 Å². The Morgan fingerprint density at radius 2 is 1.73 bits per heavy atom. The van der Waals surface area contributed by atoms with Crippen molar-refractivity contribution in [3.63, 3.8) is 0 Å². The Bertz CT molecular complexity index is 880. The van der Waals surface area contributed by atoms with Crippen LogP contribution >= 0.6 is 11.8 Å². The number of carbonyl (C=O) groups excluding carboxylic acids is 2. The highest BCUT2D eigenvalue weighted by molar-refractivity contribution is 7.99. The Labute approximate surface area is 183 Å². The predicted molar refractivity (Wildman–Crippen MR) is 124 cm³/mol. The van der Waals surface area contributed by atoms with Crippen LogP contribution in [0.5, 0.6) is 0 Å². The highest BCUT2D eigenvalue weighted by Crippen LogP contribution is 2.43. The molecule has 1 N–H and O–H groups in total. The normalized spacial score (nSPS) is 16.3. The van der Waals surface area contributed by atoms with Crippen molar-refractivity contribution in [1.82, 2.24) is 10.2 Å². The lowest BCUT2D eigenvalue weighted by molar-refractivity contribution is -0.125. The first-order chi connectivity index (χ1) is 14.3. The molecule has 2 aromatic carbocycles. The maximum atomic E-state index is 13.5. The van der Waals surface area contributed by atoms with Gasteiger partial charge in [-0.1, -0.05) is 49.4 Å². The van der Waals surface area contributed by atoms with Crippen LogP contribution in [0, 0.1) is 0 Å². The lowest BCUT2D eigenvalue weighted by Crippen LogP contribution is -2.49. The topological polar surface area (TPSA) is 52.7 Å². The van der Waals surface area contributed by atoms with Crippen molar-refractivity contribution < 1.29 is 9.59 Å². The van der Waals surface area contributed by atoms with Crippen LogP contribution in [0.2, 0.25) is 0 Å². The van der Waals surface area contributed by atoms with Crippen molar-refractivity contribution in [3.05, 3.63) is 60.2 Å². The van der Waals surface area contributed by atoms with Gasteiger partial charge >= 0.3 is 0 Å². The summed E-state index contributed by atoms with van der Waals surface area (Å²) in [5.41, 5.74) is 1.78. The number of likely N-dealkylation sites (N-methyl/N-ethyl adjacent to an activating group) is 1. The molecule has 5 nitrogen and oxygen atoms in total. The number of nitrogens with one attached hydrogen (secondary N) is 1. The van der Waals surface area contributed by atoms with Crippen molar-refractivity contribution in [2.24, 2.45) is 0 Å². The van der Waals surface area contributed by atoms with Crippen molar-refractivity contribution >= 4 is 29.3 Å². The van der Waals surface area contributed by atoms with Crippen LogP contribution in [-0.2, 0) is 9.59 Å². The summed E-state index contributed by atoms with van der Waals surface area (Å²) in [4.78, 5) is 30.9. The number of benzene rings is 2. The van der Waals surface area contributed by atoms with E-state index in [0.29, 0.717) is 6.54 Å². The molecule has 0 aliphatic carbocycles. The van der Waals surface area contributed by atoms with E-state index in [2.05, 4.69) is 23.5 Å². The molecule has 160 valence electrons. The molecule has 1 aliphatic rings. The number of fused-ring (bicyclic) bond motifs is 1. The van der Waals surface area contributed by atoms with Gasteiger partial charge in [0.2, 0.25) is 11.8 Å². The van der Waals surface area contributed by atoms with E-state index >= 15 is 0 Å². The number of anilines is 1. The smallest absolute Gasteiger partial charge is 0.241 e. The highest BCUT2D eigenvalue weighted by Gasteiger charge is 2.33. The summed E-state index contributed by atoms with van der Waals surface area (Å²) in [6.45, 7) is 8.89. The molecule has 1 atom stereocenters. The van der Waals surface area contributed by atoms with Crippen LogP contribution in [0.25, 0.3) is 0 Å². The zero-order valence-corrected chi connectivity index (χ0v) is 19.0. The van der Waals surface area contributed by atoms with Gasteiger partial charge in [0, 0.05) is 16.2 Å². The van der Waals surface area contributed by atoms with Gasteiger partial charge in [-0.15, -0.1) is 11.8 Å². The van der Waals surface area contributed by atoms with Gasteiger partial charge in [-0.2, -0.15) is 0 Å². The number of nitrogens with zero attached hydrogens (tertiary/aromatic N) is 2. The zero-order valence-electron chi connectivity index (χ0n) is 18.2. The van der Waals surface area contributed by atoms with Gasteiger partial charge in [0.1, 0.15) is 0 Å². The highest BCUT2D eigenvalue weighted by atomic mass is 32.2. The van der Waals surface area contributed by atoms with Gasteiger partial charge in [0.15, 0.2) is 0 Å². The average Bonchev–Trinajstić information content (AvgIpc) is 2.71. The van der Waals surface area contributed by atoms with Crippen LogP contribution in [-0.4, -0.2) is 47.6 Å². The molecule has 1 aliphatic heterocycles. The summed E-state index contributed by atoms with van der Waals surface area (Å²) < 4.78 is 0. The number of amides is 2. The Balaban J connectivity index is 1.82. The SMILES string of the molecule is CCN(CC(=O)NC(C)(C)C)CC(=O)N1c2ccccc2SC[C@@H]1c1ccccc1. The van der Waals surface area contributed by atoms with Gasteiger partial charge in [0.25, 0.3) is 0 Å². The van der Waals surface area contributed by atoms with Crippen molar-refractivity contribution in [2.45, 2.75) is 44.2 Å². The molecule has 6 heteroatoms. The molecule has 3 rings (SSSR count). The summed E-state index contributed by atoms with van der Waals surface area (Å²) in [6, 6.07) is 18.2. The molecule has 0 unspecified atom stereocenters. The standard InChI is InChI=1S/C24H31N3O2S/c1-5-26(15-22(28)25-24(2,3)4)16-23(29)27-19-13-9-10-14-21(19)30-17-20(27)18-11-7-6-8-12-18/h6-14,20H,5,15-17H2,1-4H3,(H,25,28)/t20-/m1/s1. The van der Waals surface area contributed by atoms with Crippen LogP contribution in [0.15, 0.2) is 59.5 Å². The molecule has 2 aromatic rings. The predicted octanol–water partition coefficient (Wildman–Crippen LogP) is 4.10. The number of thioether (sulfide) groups is 1. The van der Waals surface area contributed by atoms with Crippen molar-refractivity contribution in [1.29, 1.82) is 0 Å². The molecule has 30 heavy (non-hydrogen) atoms. The fourth-order valence-electron chi connectivity index (χ4n) is 3.63. The Hall–Kier alpha value is -2.31. The summed E-state index contributed by atoms with van der Waals surface area (Å²) in [5, 5.41) is 2.98. The maximum Gasteiger partial charge on any atom is 0.241 e. The van der Waals surface area contributed by atoms with Crippen LogP contribution in [0.4, 0.5) is 5.69 Å². The molecule has 0 fully saturated rings. The first-order valence-electron chi connectivity index (χ1n) is 10.4. The van der Waals surface area contributed by atoms with Crippen LogP contribution in [0.3, 0.4) is 0 Å². The number of hydrogen-bond acceptors (Lipinski definition) is 4. The Morgan fingerprint density at radius 1 is 1.07 bits per heavy atom. The minimum absolute atomic E-state index is 0.0158. The Kier molecular flexibility index (Phi) is 7.21. The second kappa shape index (κ2) is 9.67. The van der Waals surface area contributed by atoms with E-state index in [1.165, 1.54) is 0 Å². The molecule has 0 bridgehead atoms. The molecule has 2 amide bonds. The van der Waals surface area contributed by atoms with E-state index in [9.17, 15) is 9.59 Å². The molecule has 0 aromatic heterocycles. The maximum absolute atomic E-state index is 13.5. The van der Waals surface area contributed by atoms with E-state index in [1.54, 1.807) is 11.8 Å². The number of para-hydroxylation sites is 1. The first kappa shape index (κ1) is 22.4. The van der Waals surface area contributed by atoms with Crippen molar-refractivity contribution in [2.75, 3.05) is 30.3 Å². The lowest BCUT2D eigenvalue weighted by Gasteiger charge is -2.38. The molecule has 0 radical (unpaired) electrons. The Morgan fingerprint density at radius 3 is 2.40 bits per heavy atom. The molecular formula is C24H31N3O2S. The van der Waals surface area contributed by atoms with Gasteiger partial charge in [-0.25, -0.2) is 0 Å². The minimum atomic E-state index is -0.290. The minimum Gasteiger partial charge on any atom is -0.350 e. The quantitative estimate of drug-likeness (QED) is 0.757. The van der Waals surface area contributed by atoms with Crippen LogP contribution in [0.1, 0.15) is 39.3 Å². The lowest BCUT2D eigenvalue weighted by atomic mass is 10.1. The van der Waals surface area contributed by atoms with Gasteiger partial charge in [0.05, 0.1) is 24.8 Å². The largest absolute Gasteiger partial charge is 0.350 e. The summed E-state index contributed by atoms with van der Waals surface area (Å²) in [7, 11) is 0. The fraction of sp³-hybridized carbons (Fsp3) is 0.417.